The monoisotopic (exact) mass is 365 g/mol. The number of nitrogens with one attached hydrogen (secondary N) is 1. The number of ether oxygens (including phenoxy) is 1. The maximum Gasteiger partial charge on any atom is 0.415 e. The molecule has 1 fully saturated rings. The van der Waals surface area contributed by atoms with E-state index < -0.39 is 30.1 Å². The Balaban J connectivity index is 1.70. The van der Waals surface area contributed by atoms with Crippen molar-refractivity contribution >= 4 is 29.3 Å². The summed E-state index contributed by atoms with van der Waals surface area (Å²) in [5.74, 6) is -5.08. The predicted molar refractivity (Wildman–Crippen MR) is 87.3 cm³/mol. The van der Waals surface area contributed by atoms with Gasteiger partial charge >= 0.3 is 17.9 Å². The van der Waals surface area contributed by atoms with E-state index in [2.05, 4.69) is 5.32 Å². The van der Waals surface area contributed by atoms with Gasteiger partial charge < -0.3 is 15.0 Å². The molecule has 0 spiro atoms. The first kappa shape index (κ1) is 16.7. The number of amides is 3. The summed E-state index contributed by atoms with van der Waals surface area (Å²) in [7, 11) is 1.31. The van der Waals surface area contributed by atoms with Gasteiger partial charge in [-0.05, 0) is 24.1 Å². The first-order chi connectivity index (χ1) is 12.3. The molecule has 3 amide bonds. The molecule has 1 aromatic carbocycles. The summed E-state index contributed by atoms with van der Waals surface area (Å²) in [5.41, 5.74) is 0.453. The first-order valence-corrected chi connectivity index (χ1v) is 8.36. The van der Waals surface area contributed by atoms with E-state index in [1.165, 1.54) is 18.0 Å². The Morgan fingerprint density at radius 2 is 2.04 bits per heavy atom. The van der Waals surface area contributed by atoms with Crippen molar-refractivity contribution < 1.29 is 27.9 Å². The fourth-order valence-electron chi connectivity index (χ4n) is 3.91. The van der Waals surface area contributed by atoms with Crippen molar-refractivity contribution in [3.05, 3.63) is 23.3 Å². The van der Waals surface area contributed by atoms with E-state index >= 15 is 0 Å². The minimum atomic E-state index is -3.62. The van der Waals surface area contributed by atoms with Crippen molar-refractivity contribution in [1.82, 2.24) is 5.32 Å². The smallest absolute Gasteiger partial charge is 0.415 e. The highest BCUT2D eigenvalue weighted by Crippen LogP contribution is 2.51. The summed E-state index contributed by atoms with van der Waals surface area (Å²) in [6, 6.07) is 2.50. The van der Waals surface area contributed by atoms with Gasteiger partial charge in [-0.1, -0.05) is 6.92 Å². The van der Waals surface area contributed by atoms with Crippen LogP contribution in [-0.2, 0) is 26.7 Å². The third-order valence-electron chi connectivity index (χ3n) is 5.22. The van der Waals surface area contributed by atoms with Gasteiger partial charge in [0.1, 0.15) is 6.10 Å². The Bertz CT molecular complexity index is 842. The zero-order valence-electron chi connectivity index (χ0n) is 14.2. The van der Waals surface area contributed by atoms with Gasteiger partial charge in [0.2, 0.25) is 5.91 Å². The molecule has 4 rings (SSSR count). The van der Waals surface area contributed by atoms with Crippen LogP contribution in [0.25, 0.3) is 0 Å². The molecular weight excluding hydrogens is 348 g/mol. The van der Waals surface area contributed by atoms with E-state index in [1.807, 2.05) is 0 Å². The van der Waals surface area contributed by atoms with Crippen LogP contribution in [0.15, 0.2) is 12.1 Å². The largest absolute Gasteiger partial charge is 0.442 e. The van der Waals surface area contributed by atoms with Crippen molar-refractivity contribution in [2.45, 2.75) is 37.8 Å². The number of carbonyl (C=O) groups excluding carboxylic acids is 3. The maximum absolute atomic E-state index is 14.5. The number of alkyl halides is 2. The Labute approximate surface area is 147 Å². The summed E-state index contributed by atoms with van der Waals surface area (Å²) < 4.78 is 34.3. The lowest BCUT2D eigenvalue weighted by atomic mass is 9.97. The van der Waals surface area contributed by atoms with E-state index in [1.54, 1.807) is 13.0 Å². The fraction of sp³-hybridized carbons (Fsp3) is 0.471. The molecule has 1 aromatic rings. The summed E-state index contributed by atoms with van der Waals surface area (Å²) in [4.78, 5) is 37.9. The normalized spacial score (nSPS) is 25.1. The Hall–Kier alpha value is -2.71. The minimum absolute atomic E-state index is 0.116. The Morgan fingerprint density at radius 3 is 2.73 bits per heavy atom. The van der Waals surface area contributed by atoms with Gasteiger partial charge in [-0.25, -0.2) is 4.79 Å². The Morgan fingerprint density at radius 1 is 1.35 bits per heavy atom. The number of cyclic esters (lactones) is 1. The van der Waals surface area contributed by atoms with Crippen LogP contribution in [0.4, 0.5) is 25.0 Å². The van der Waals surface area contributed by atoms with Gasteiger partial charge in [0.15, 0.2) is 0 Å². The molecule has 9 heteroatoms. The van der Waals surface area contributed by atoms with E-state index in [0.717, 1.165) is 4.90 Å². The highest BCUT2D eigenvalue weighted by Gasteiger charge is 2.57. The molecule has 3 aliphatic heterocycles. The summed E-state index contributed by atoms with van der Waals surface area (Å²) >= 11 is 0. The van der Waals surface area contributed by atoms with E-state index in [9.17, 15) is 23.2 Å². The van der Waals surface area contributed by atoms with E-state index in [-0.39, 0.29) is 30.1 Å². The second-order valence-electron chi connectivity index (χ2n) is 6.62. The number of anilines is 2. The molecule has 1 saturated heterocycles. The number of hydrogen-bond acceptors (Lipinski definition) is 4. The van der Waals surface area contributed by atoms with Crippen molar-refractivity contribution in [3.8, 4) is 0 Å². The van der Waals surface area contributed by atoms with Crippen LogP contribution in [-0.4, -0.2) is 43.6 Å². The van der Waals surface area contributed by atoms with Crippen LogP contribution in [0.2, 0.25) is 0 Å². The molecular formula is C17H17F2N3O4. The zero-order valence-corrected chi connectivity index (χ0v) is 14.2. The van der Waals surface area contributed by atoms with Gasteiger partial charge in [-0.2, -0.15) is 8.78 Å². The number of benzene rings is 1. The SMILES string of the molecule is CCC(=O)NC[C@@H]1OC(=O)N2c3ccc4c(c3C[C@@H]12)C(F)(F)C(=O)N4C. The lowest BCUT2D eigenvalue weighted by Crippen LogP contribution is -2.40. The number of nitrogens with zero attached hydrogens (tertiary/aromatic N) is 2. The van der Waals surface area contributed by atoms with Crippen LogP contribution < -0.4 is 15.1 Å². The molecule has 7 nitrogen and oxygen atoms in total. The Kier molecular flexibility index (Phi) is 3.47. The molecule has 0 aromatic heterocycles. The van der Waals surface area contributed by atoms with Crippen molar-refractivity contribution in [1.29, 1.82) is 0 Å². The van der Waals surface area contributed by atoms with Gasteiger partial charge in [0.25, 0.3) is 0 Å². The van der Waals surface area contributed by atoms with Crippen molar-refractivity contribution in [2.24, 2.45) is 0 Å². The molecule has 0 radical (unpaired) electrons. The molecule has 0 saturated carbocycles. The highest BCUT2D eigenvalue weighted by atomic mass is 19.3. The standard InChI is InChI=1S/C17H17F2N3O4/c1-3-13(23)20-7-12-11-6-8-9(22(11)16(25)26-12)4-5-10-14(8)17(18,19)15(24)21(10)2/h4-5,11-12H,3,6-7H2,1-2H3,(H,20,23)/t11-,12-/m0/s1. The summed E-state index contributed by atoms with van der Waals surface area (Å²) in [5, 5.41) is 2.66. The summed E-state index contributed by atoms with van der Waals surface area (Å²) in [6.45, 7) is 1.82. The van der Waals surface area contributed by atoms with Gasteiger partial charge in [-0.3, -0.25) is 14.5 Å². The molecule has 0 aliphatic carbocycles. The minimum Gasteiger partial charge on any atom is -0.442 e. The number of likely N-dealkylation sites (N-methyl/N-ethyl adjacent to an activating group) is 1. The topological polar surface area (TPSA) is 79.0 Å². The molecule has 3 aliphatic rings. The molecule has 138 valence electrons. The van der Waals surface area contributed by atoms with Crippen LogP contribution in [0.3, 0.4) is 0 Å². The molecule has 3 heterocycles. The predicted octanol–water partition coefficient (Wildman–Crippen LogP) is 1.53. The van der Waals surface area contributed by atoms with Crippen molar-refractivity contribution in [3.63, 3.8) is 0 Å². The fourth-order valence-corrected chi connectivity index (χ4v) is 3.91. The average Bonchev–Trinajstić information content (AvgIpc) is 3.19. The second kappa shape index (κ2) is 5.39. The van der Waals surface area contributed by atoms with Gasteiger partial charge in [-0.15, -0.1) is 0 Å². The first-order valence-electron chi connectivity index (χ1n) is 8.36. The van der Waals surface area contributed by atoms with Crippen LogP contribution in [0.5, 0.6) is 0 Å². The number of rotatable bonds is 3. The molecule has 1 N–H and O–H groups in total. The van der Waals surface area contributed by atoms with Gasteiger partial charge in [0.05, 0.1) is 29.5 Å². The van der Waals surface area contributed by atoms with Crippen LogP contribution in [0.1, 0.15) is 24.5 Å². The lowest BCUT2D eigenvalue weighted by Gasteiger charge is -2.17. The molecule has 0 unspecified atom stereocenters. The second-order valence-corrected chi connectivity index (χ2v) is 6.62. The number of halogens is 2. The quantitative estimate of drug-likeness (QED) is 0.881. The van der Waals surface area contributed by atoms with Crippen molar-refractivity contribution in [2.75, 3.05) is 23.4 Å². The number of hydrogen-bond donors (Lipinski definition) is 1. The van der Waals surface area contributed by atoms with Gasteiger partial charge in [0, 0.05) is 13.5 Å². The zero-order chi connectivity index (χ0) is 18.8. The lowest BCUT2D eigenvalue weighted by molar-refractivity contribution is -0.141. The average molecular weight is 365 g/mol. The number of carbonyl (C=O) groups is 3. The highest BCUT2D eigenvalue weighted by molar-refractivity contribution is 6.07. The molecule has 2 atom stereocenters. The van der Waals surface area contributed by atoms with E-state index in [0.29, 0.717) is 17.7 Å². The third kappa shape index (κ3) is 2.06. The summed E-state index contributed by atoms with van der Waals surface area (Å²) in [6.07, 6.45) is -0.827. The molecule has 26 heavy (non-hydrogen) atoms. The number of fused-ring (bicyclic) bond motifs is 5. The molecule has 0 bridgehead atoms. The third-order valence-corrected chi connectivity index (χ3v) is 5.22. The van der Waals surface area contributed by atoms with Crippen LogP contribution in [0, 0.1) is 0 Å². The van der Waals surface area contributed by atoms with E-state index in [4.69, 9.17) is 4.74 Å². The van der Waals surface area contributed by atoms with Crippen LogP contribution >= 0.6 is 0 Å². The maximum atomic E-state index is 14.5.